The summed E-state index contributed by atoms with van der Waals surface area (Å²) < 4.78 is 0. The molecule has 1 aromatic heterocycles. The minimum atomic E-state index is 0.0595. The zero-order valence-corrected chi connectivity index (χ0v) is 12.2. The van der Waals surface area contributed by atoms with Crippen LogP contribution in [0.15, 0.2) is 0 Å². The second-order valence-electron chi connectivity index (χ2n) is 4.42. The van der Waals surface area contributed by atoms with Gasteiger partial charge in [-0.2, -0.15) is 0 Å². The predicted molar refractivity (Wildman–Crippen MR) is 75.9 cm³/mol. The lowest BCUT2D eigenvalue weighted by Gasteiger charge is -2.01. The van der Waals surface area contributed by atoms with Gasteiger partial charge in [0.05, 0.1) is 0 Å². The van der Waals surface area contributed by atoms with Gasteiger partial charge in [0.1, 0.15) is 5.01 Å². The van der Waals surface area contributed by atoms with Crippen molar-refractivity contribution in [2.24, 2.45) is 0 Å². The molecule has 0 aliphatic rings. The molecule has 0 aliphatic heterocycles. The molecule has 1 rings (SSSR count). The van der Waals surface area contributed by atoms with Gasteiger partial charge in [0.25, 0.3) is 0 Å². The van der Waals surface area contributed by atoms with Crippen molar-refractivity contribution >= 4 is 22.4 Å². The number of carbonyl (C=O) groups excluding carboxylic acids is 1. The topological polar surface area (TPSA) is 54.9 Å². The van der Waals surface area contributed by atoms with E-state index in [-0.39, 0.29) is 5.91 Å². The smallest absolute Gasteiger partial charge is 0.226 e. The second-order valence-corrected chi connectivity index (χ2v) is 5.48. The van der Waals surface area contributed by atoms with E-state index in [1.54, 1.807) is 0 Å². The highest BCUT2D eigenvalue weighted by Crippen LogP contribution is 2.16. The van der Waals surface area contributed by atoms with E-state index in [1.165, 1.54) is 37.0 Å². The predicted octanol–water partition coefficient (Wildman–Crippen LogP) is 3.79. The average Bonchev–Trinajstić information content (AvgIpc) is 2.81. The Kier molecular flexibility index (Phi) is 7.57. The van der Waals surface area contributed by atoms with Crippen LogP contribution in [0.5, 0.6) is 0 Å². The molecule has 0 bridgehead atoms. The zero-order chi connectivity index (χ0) is 13.2. The van der Waals surface area contributed by atoms with Gasteiger partial charge >= 0.3 is 0 Å². The maximum atomic E-state index is 11.6. The maximum Gasteiger partial charge on any atom is 0.226 e. The highest BCUT2D eigenvalue weighted by atomic mass is 32.1. The first-order chi connectivity index (χ1) is 8.76. The Morgan fingerprint density at radius 1 is 1.11 bits per heavy atom. The molecule has 0 saturated heterocycles. The van der Waals surface area contributed by atoms with Crippen molar-refractivity contribution in [3.8, 4) is 0 Å². The van der Waals surface area contributed by atoms with Gasteiger partial charge in [0.2, 0.25) is 11.0 Å². The van der Waals surface area contributed by atoms with Crippen molar-refractivity contribution < 1.29 is 4.79 Å². The molecule has 0 spiro atoms. The number of rotatable bonds is 9. The van der Waals surface area contributed by atoms with Crippen LogP contribution >= 0.6 is 11.3 Å². The van der Waals surface area contributed by atoms with Gasteiger partial charge in [-0.05, 0) is 12.8 Å². The zero-order valence-electron chi connectivity index (χ0n) is 11.4. The van der Waals surface area contributed by atoms with Crippen LogP contribution in [0.2, 0.25) is 0 Å². The van der Waals surface area contributed by atoms with E-state index in [0.717, 1.165) is 24.3 Å². The number of hydrogen-bond donors (Lipinski definition) is 1. The molecule has 18 heavy (non-hydrogen) atoms. The molecule has 0 saturated carbocycles. The lowest BCUT2D eigenvalue weighted by molar-refractivity contribution is -0.116. The number of carbonyl (C=O) groups is 1. The number of nitrogens with one attached hydrogen (secondary N) is 1. The SMILES string of the molecule is CCCCCCCCC(=O)Nc1nnc(CC)s1. The lowest BCUT2D eigenvalue weighted by Crippen LogP contribution is -2.10. The first-order valence-electron chi connectivity index (χ1n) is 6.88. The van der Waals surface area contributed by atoms with Crippen molar-refractivity contribution in [1.82, 2.24) is 10.2 Å². The van der Waals surface area contributed by atoms with E-state index >= 15 is 0 Å². The molecule has 102 valence electrons. The van der Waals surface area contributed by atoms with Crippen molar-refractivity contribution in [2.75, 3.05) is 5.32 Å². The van der Waals surface area contributed by atoms with Crippen LogP contribution in [0.3, 0.4) is 0 Å². The van der Waals surface area contributed by atoms with Gasteiger partial charge in [-0.15, -0.1) is 10.2 Å². The lowest BCUT2D eigenvalue weighted by atomic mass is 10.1. The second kappa shape index (κ2) is 9.03. The first-order valence-corrected chi connectivity index (χ1v) is 7.70. The standard InChI is InChI=1S/C13H23N3OS/c1-3-5-6-7-8-9-10-11(17)14-13-16-15-12(4-2)18-13/h3-10H2,1-2H3,(H,14,16,17). The van der Waals surface area contributed by atoms with Gasteiger partial charge < -0.3 is 5.32 Å². The van der Waals surface area contributed by atoms with Crippen LogP contribution in [0.25, 0.3) is 0 Å². The Hall–Kier alpha value is -0.970. The third-order valence-electron chi connectivity index (χ3n) is 2.77. The van der Waals surface area contributed by atoms with E-state index in [4.69, 9.17) is 0 Å². The molecule has 1 heterocycles. The summed E-state index contributed by atoms with van der Waals surface area (Å²) in [6.07, 6.45) is 8.65. The molecule has 4 nitrogen and oxygen atoms in total. The van der Waals surface area contributed by atoms with Crippen molar-refractivity contribution in [3.63, 3.8) is 0 Å². The fourth-order valence-electron chi connectivity index (χ4n) is 1.69. The highest BCUT2D eigenvalue weighted by molar-refractivity contribution is 7.15. The molecular formula is C13H23N3OS. The van der Waals surface area contributed by atoms with E-state index in [1.807, 2.05) is 6.92 Å². The molecule has 0 unspecified atom stereocenters. The fraction of sp³-hybridized carbons (Fsp3) is 0.769. The molecule has 0 fully saturated rings. The summed E-state index contributed by atoms with van der Waals surface area (Å²) in [5.74, 6) is 0.0595. The number of hydrogen-bond acceptors (Lipinski definition) is 4. The summed E-state index contributed by atoms with van der Waals surface area (Å²) >= 11 is 1.46. The third-order valence-corrected chi connectivity index (χ3v) is 3.76. The van der Waals surface area contributed by atoms with E-state index in [0.29, 0.717) is 11.6 Å². The Morgan fingerprint density at radius 2 is 1.83 bits per heavy atom. The first kappa shape index (κ1) is 15.1. The van der Waals surface area contributed by atoms with Crippen LogP contribution in [0.1, 0.15) is 63.8 Å². The molecule has 1 amide bonds. The summed E-state index contributed by atoms with van der Waals surface area (Å²) in [6, 6.07) is 0. The van der Waals surface area contributed by atoms with Gasteiger partial charge in [-0.1, -0.05) is 57.3 Å². The number of amides is 1. The quantitative estimate of drug-likeness (QED) is 0.694. The van der Waals surface area contributed by atoms with E-state index in [9.17, 15) is 4.79 Å². The van der Waals surface area contributed by atoms with Crippen molar-refractivity contribution in [3.05, 3.63) is 5.01 Å². The maximum absolute atomic E-state index is 11.6. The minimum Gasteiger partial charge on any atom is -0.301 e. The number of aryl methyl sites for hydroxylation is 1. The van der Waals surface area contributed by atoms with Gasteiger partial charge in [-0.25, -0.2) is 0 Å². The van der Waals surface area contributed by atoms with Gasteiger partial charge in [0.15, 0.2) is 0 Å². The number of unbranched alkanes of at least 4 members (excludes halogenated alkanes) is 5. The summed E-state index contributed by atoms with van der Waals surface area (Å²) in [5.41, 5.74) is 0. The minimum absolute atomic E-state index is 0.0595. The van der Waals surface area contributed by atoms with Crippen molar-refractivity contribution in [2.45, 2.75) is 65.2 Å². The van der Waals surface area contributed by atoms with Crippen LogP contribution in [-0.2, 0) is 11.2 Å². The van der Waals surface area contributed by atoms with Crippen LogP contribution < -0.4 is 5.32 Å². The third kappa shape index (κ3) is 6.10. The van der Waals surface area contributed by atoms with Crippen LogP contribution in [0.4, 0.5) is 5.13 Å². The monoisotopic (exact) mass is 269 g/mol. The number of anilines is 1. The van der Waals surface area contributed by atoms with Gasteiger partial charge in [-0.3, -0.25) is 4.79 Å². The normalized spacial score (nSPS) is 10.6. The molecule has 0 aliphatic carbocycles. The summed E-state index contributed by atoms with van der Waals surface area (Å²) in [4.78, 5) is 11.6. The number of nitrogens with zero attached hydrogens (tertiary/aromatic N) is 2. The fourth-order valence-corrected chi connectivity index (χ4v) is 2.39. The Bertz CT molecular complexity index is 352. The van der Waals surface area contributed by atoms with E-state index in [2.05, 4.69) is 22.4 Å². The van der Waals surface area contributed by atoms with E-state index < -0.39 is 0 Å². The molecule has 1 N–H and O–H groups in total. The highest BCUT2D eigenvalue weighted by Gasteiger charge is 2.06. The molecule has 1 aromatic rings. The largest absolute Gasteiger partial charge is 0.301 e. The Labute approximate surface area is 113 Å². The Morgan fingerprint density at radius 3 is 2.50 bits per heavy atom. The van der Waals surface area contributed by atoms with Crippen LogP contribution in [0, 0.1) is 0 Å². The number of aromatic nitrogens is 2. The summed E-state index contributed by atoms with van der Waals surface area (Å²) in [5, 5.41) is 12.3. The van der Waals surface area contributed by atoms with Crippen LogP contribution in [-0.4, -0.2) is 16.1 Å². The molecular weight excluding hydrogens is 246 g/mol. The summed E-state index contributed by atoms with van der Waals surface area (Å²) in [6.45, 7) is 4.24. The van der Waals surface area contributed by atoms with Gasteiger partial charge in [0, 0.05) is 6.42 Å². The molecule has 5 heteroatoms. The average molecular weight is 269 g/mol. The summed E-state index contributed by atoms with van der Waals surface area (Å²) in [7, 11) is 0. The molecule has 0 atom stereocenters. The molecule has 0 radical (unpaired) electrons. The van der Waals surface area contributed by atoms with Crippen molar-refractivity contribution in [1.29, 1.82) is 0 Å². The molecule has 0 aromatic carbocycles. The Balaban J connectivity index is 2.10.